The molecule has 8 heteroatoms. The number of carboxylic acid groups (broad SMARTS) is 2. The van der Waals surface area contributed by atoms with Gasteiger partial charge in [0.25, 0.3) is 0 Å². The summed E-state index contributed by atoms with van der Waals surface area (Å²) >= 11 is 0. The van der Waals surface area contributed by atoms with Crippen LogP contribution in [-0.2, 0) is 9.59 Å². The highest BCUT2D eigenvalue weighted by Crippen LogP contribution is 2.14. The highest BCUT2D eigenvalue weighted by atomic mass is 16.4. The molecule has 0 spiro atoms. The first kappa shape index (κ1) is 22.9. The zero-order valence-electron chi connectivity index (χ0n) is 15.8. The van der Waals surface area contributed by atoms with Crippen molar-refractivity contribution in [3.63, 3.8) is 0 Å². The van der Waals surface area contributed by atoms with Gasteiger partial charge in [0.1, 0.15) is 11.4 Å². The third-order valence-corrected chi connectivity index (χ3v) is 3.60. The van der Waals surface area contributed by atoms with Crippen LogP contribution >= 0.6 is 0 Å². The highest BCUT2D eigenvalue weighted by molar-refractivity contribution is 5.66. The summed E-state index contributed by atoms with van der Waals surface area (Å²) in [5, 5.41) is 24.7. The first-order valence-corrected chi connectivity index (χ1v) is 9.23. The van der Waals surface area contributed by atoms with E-state index in [4.69, 9.17) is 10.2 Å². The molecule has 0 aromatic carbocycles. The van der Waals surface area contributed by atoms with E-state index in [1.807, 2.05) is 24.3 Å². The normalized spacial score (nSPS) is 10.3. The lowest BCUT2D eigenvalue weighted by Gasteiger charge is -1.98. The minimum Gasteiger partial charge on any atom is -0.481 e. The van der Waals surface area contributed by atoms with Crippen LogP contribution in [0.3, 0.4) is 0 Å². The molecule has 0 atom stereocenters. The van der Waals surface area contributed by atoms with Crippen LogP contribution in [-0.4, -0.2) is 32.1 Å². The number of unbranched alkanes of at least 4 members (excludes halogenated alkanes) is 5. The number of rotatable bonds is 11. The maximum Gasteiger partial charge on any atom is 0.303 e. The zero-order chi connectivity index (χ0) is 20.5. The molecule has 0 aliphatic rings. The van der Waals surface area contributed by atoms with Crippen LogP contribution in [0, 0.1) is 0 Å². The molecule has 150 valence electrons. The minimum atomic E-state index is -0.740. The molecule has 28 heavy (non-hydrogen) atoms. The number of aromatic nitrogens is 2. The van der Waals surface area contributed by atoms with Crippen LogP contribution in [0.2, 0.25) is 0 Å². The van der Waals surface area contributed by atoms with Crippen LogP contribution in [0.15, 0.2) is 59.3 Å². The summed E-state index contributed by atoms with van der Waals surface area (Å²) in [5.74, 6) is -1.48. The standard InChI is InChI=1S/C10H8N4.C10H18O4/c1-3-9(7-11-5-1)13-14-10-4-2-6-12-8-10;11-9(12)7-5-3-1-2-4-6-8-10(13)14/h1-8H;1-8H2,(H,11,12)(H,13,14). The molecule has 2 aromatic heterocycles. The van der Waals surface area contributed by atoms with Crippen LogP contribution in [0.25, 0.3) is 0 Å². The van der Waals surface area contributed by atoms with Crippen molar-refractivity contribution in [1.82, 2.24) is 9.97 Å². The molecule has 8 nitrogen and oxygen atoms in total. The van der Waals surface area contributed by atoms with E-state index < -0.39 is 11.9 Å². The second-order valence-corrected chi connectivity index (χ2v) is 6.03. The molecule has 0 fully saturated rings. The van der Waals surface area contributed by atoms with Gasteiger partial charge in [0.15, 0.2) is 0 Å². The third-order valence-electron chi connectivity index (χ3n) is 3.60. The van der Waals surface area contributed by atoms with E-state index in [-0.39, 0.29) is 12.8 Å². The van der Waals surface area contributed by atoms with Crippen molar-refractivity contribution >= 4 is 23.3 Å². The number of nitrogens with zero attached hydrogens (tertiary/aromatic N) is 4. The molecule has 0 bridgehead atoms. The van der Waals surface area contributed by atoms with Crippen molar-refractivity contribution in [2.75, 3.05) is 0 Å². The van der Waals surface area contributed by atoms with Crippen LogP contribution in [0.1, 0.15) is 51.4 Å². The predicted molar refractivity (Wildman–Crippen MR) is 105 cm³/mol. The molecule has 0 amide bonds. The molecule has 2 rings (SSSR count). The summed E-state index contributed by atoms with van der Waals surface area (Å²) in [5.41, 5.74) is 1.47. The fourth-order valence-corrected chi connectivity index (χ4v) is 2.20. The number of hydrogen-bond donors (Lipinski definition) is 2. The molecule has 0 aliphatic heterocycles. The molecule has 0 saturated carbocycles. The van der Waals surface area contributed by atoms with Crippen LogP contribution < -0.4 is 0 Å². The first-order valence-electron chi connectivity index (χ1n) is 9.23. The van der Waals surface area contributed by atoms with Gasteiger partial charge in [-0.25, -0.2) is 0 Å². The molecule has 0 saturated heterocycles. The topological polar surface area (TPSA) is 125 Å². The Hall–Kier alpha value is -3.16. The Bertz CT molecular complexity index is 647. The fraction of sp³-hybridized carbons (Fsp3) is 0.400. The quantitative estimate of drug-likeness (QED) is 0.405. The number of carbonyl (C=O) groups is 2. The van der Waals surface area contributed by atoms with Gasteiger partial charge in [-0.2, -0.15) is 0 Å². The van der Waals surface area contributed by atoms with Crippen molar-refractivity contribution in [2.45, 2.75) is 51.4 Å². The summed E-state index contributed by atoms with van der Waals surface area (Å²) < 4.78 is 0. The molecular formula is C20H26N4O4. The van der Waals surface area contributed by atoms with E-state index >= 15 is 0 Å². The van der Waals surface area contributed by atoms with Gasteiger partial charge < -0.3 is 10.2 Å². The lowest BCUT2D eigenvalue weighted by molar-refractivity contribution is -0.138. The Balaban J connectivity index is 0.000000280. The van der Waals surface area contributed by atoms with Gasteiger partial charge in [0.05, 0.1) is 12.4 Å². The Morgan fingerprint density at radius 3 is 1.43 bits per heavy atom. The van der Waals surface area contributed by atoms with E-state index in [0.29, 0.717) is 0 Å². The van der Waals surface area contributed by atoms with E-state index in [1.165, 1.54) is 0 Å². The van der Waals surface area contributed by atoms with Crippen LogP contribution in [0.4, 0.5) is 11.4 Å². The number of azo groups is 1. The predicted octanol–water partition coefficient (Wildman–Crippen LogP) is 5.17. The van der Waals surface area contributed by atoms with E-state index in [1.54, 1.807) is 24.8 Å². The number of pyridine rings is 2. The van der Waals surface area contributed by atoms with Crippen molar-refractivity contribution in [1.29, 1.82) is 0 Å². The molecule has 0 aliphatic carbocycles. The number of hydrogen-bond acceptors (Lipinski definition) is 6. The molecule has 2 aromatic rings. The number of carboxylic acids is 2. The second-order valence-electron chi connectivity index (χ2n) is 6.03. The smallest absolute Gasteiger partial charge is 0.303 e. The van der Waals surface area contributed by atoms with Gasteiger partial charge in [0, 0.05) is 25.2 Å². The largest absolute Gasteiger partial charge is 0.481 e. The number of aliphatic carboxylic acids is 2. The Morgan fingerprint density at radius 1 is 0.714 bits per heavy atom. The van der Waals surface area contributed by atoms with E-state index in [9.17, 15) is 9.59 Å². The summed E-state index contributed by atoms with van der Waals surface area (Å²) in [7, 11) is 0. The van der Waals surface area contributed by atoms with Crippen molar-refractivity contribution in [2.24, 2.45) is 10.2 Å². The van der Waals surface area contributed by atoms with Gasteiger partial charge in [-0.3, -0.25) is 19.6 Å². The van der Waals surface area contributed by atoms with Gasteiger partial charge in [-0.05, 0) is 37.1 Å². The average Bonchev–Trinajstić information content (AvgIpc) is 2.70. The van der Waals surface area contributed by atoms with Gasteiger partial charge in [-0.1, -0.05) is 25.7 Å². The monoisotopic (exact) mass is 386 g/mol. The first-order chi connectivity index (χ1) is 13.6. The van der Waals surface area contributed by atoms with Crippen LogP contribution in [0.5, 0.6) is 0 Å². The van der Waals surface area contributed by atoms with Crippen molar-refractivity contribution in [3.8, 4) is 0 Å². The zero-order valence-corrected chi connectivity index (χ0v) is 15.8. The molecule has 0 radical (unpaired) electrons. The Labute approximate surface area is 164 Å². The van der Waals surface area contributed by atoms with Gasteiger partial charge >= 0.3 is 11.9 Å². The maximum absolute atomic E-state index is 10.1. The maximum atomic E-state index is 10.1. The summed E-state index contributed by atoms with van der Waals surface area (Å²) in [6.45, 7) is 0. The second kappa shape index (κ2) is 15.0. The lowest BCUT2D eigenvalue weighted by Crippen LogP contribution is -1.94. The molecule has 2 heterocycles. The SMILES string of the molecule is O=C(O)CCCCCCCCC(=O)O.c1cncc(N=Nc2cccnc2)c1. The Morgan fingerprint density at radius 2 is 1.11 bits per heavy atom. The minimum absolute atomic E-state index is 0.245. The fourth-order valence-electron chi connectivity index (χ4n) is 2.20. The van der Waals surface area contributed by atoms with Crippen molar-refractivity contribution in [3.05, 3.63) is 49.1 Å². The summed E-state index contributed by atoms with van der Waals surface area (Å²) in [6, 6.07) is 7.31. The van der Waals surface area contributed by atoms with E-state index in [0.717, 1.165) is 49.9 Å². The lowest BCUT2D eigenvalue weighted by atomic mass is 10.1. The molecule has 0 unspecified atom stereocenters. The van der Waals surface area contributed by atoms with E-state index in [2.05, 4.69) is 20.2 Å². The molecule has 2 N–H and O–H groups in total. The molecular weight excluding hydrogens is 360 g/mol. The van der Waals surface area contributed by atoms with Crippen molar-refractivity contribution < 1.29 is 19.8 Å². The highest BCUT2D eigenvalue weighted by Gasteiger charge is 1.98. The summed E-state index contributed by atoms with van der Waals surface area (Å²) in [6.07, 6.45) is 12.5. The Kier molecular flexibility index (Phi) is 12.2. The summed E-state index contributed by atoms with van der Waals surface area (Å²) in [4.78, 5) is 28.1. The average molecular weight is 386 g/mol. The van der Waals surface area contributed by atoms with Gasteiger partial charge in [0.2, 0.25) is 0 Å². The van der Waals surface area contributed by atoms with Gasteiger partial charge in [-0.15, -0.1) is 10.2 Å². The third kappa shape index (κ3) is 13.1.